The van der Waals surface area contributed by atoms with Gasteiger partial charge in [0.05, 0.1) is 6.04 Å². The van der Waals surface area contributed by atoms with Crippen molar-refractivity contribution < 1.29 is 0 Å². The Kier molecular flexibility index (Phi) is 3.90. The Morgan fingerprint density at radius 3 is 2.27 bits per heavy atom. The average Bonchev–Trinajstić information content (AvgIpc) is 2.96. The van der Waals surface area contributed by atoms with Gasteiger partial charge in [-0.15, -0.1) is 0 Å². The Bertz CT molecular complexity index is 687. The molecule has 1 unspecified atom stereocenters. The van der Waals surface area contributed by atoms with E-state index >= 15 is 0 Å². The lowest BCUT2D eigenvalue weighted by molar-refractivity contribution is 0.589. The largest absolute Gasteiger partial charge is 0.281 e. The molecule has 0 radical (unpaired) electrons. The summed E-state index contributed by atoms with van der Waals surface area (Å²) in [6.45, 7) is 8.94. The fourth-order valence-corrected chi connectivity index (χ4v) is 3.14. The second-order valence-corrected chi connectivity index (χ2v) is 7.32. The monoisotopic (exact) mass is 291 g/mol. The summed E-state index contributed by atoms with van der Waals surface area (Å²) in [5.41, 5.74) is 6.85. The molecule has 0 amide bonds. The SMILES string of the molecule is Cc1ccccc1C1=NC(c2ccc(C(C)(C)C)cc2)CC1. The third kappa shape index (κ3) is 2.99. The average molecular weight is 291 g/mol. The zero-order valence-corrected chi connectivity index (χ0v) is 14.1. The van der Waals surface area contributed by atoms with Gasteiger partial charge >= 0.3 is 0 Å². The minimum absolute atomic E-state index is 0.212. The highest BCUT2D eigenvalue weighted by atomic mass is 14.8. The van der Waals surface area contributed by atoms with Crippen LogP contribution in [0.3, 0.4) is 0 Å². The van der Waals surface area contributed by atoms with Crippen molar-refractivity contribution in [2.75, 3.05) is 0 Å². The van der Waals surface area contributed by atoms with Crippen molar-refractivity contribution in [3.05, 3.63) is 70.8 Å². The predicted octanol–water partition coefficient (Wildman–Crippen LogP) is 5.62. The predicted molar refractivity (Wildman–Crippen MR) is 94.8 cm³/mol. The molecule has 1 heterocycles. The standard InChI is InChI=1S/C21H25N/c1-15-7-5-6-8-18(15)20-14-13-19(22-20)16-9-11-17(12-10-16)21(2,3)4/h5-12,19H,13-14H2,1-4H3. The zero-order chi connectivity index (χ0) is 15.7. The summed E-state index contributed by atoms with van der Waals surface area (Å²) in [5, 5.41) is 0. The summed E-state index contributed by atoms with van der Waals surface area (Å²) in [6.07, 6.45) is 2.20. The van der Waals surface area contributed by atoms with E-state index in [0.717, 1.165) is 12.8 Å². The van der Waals surface area contributed by atoms with E-state index in [0.29, 0.717) is 6.04 Å². The van der Waals surface area contributed by atoms with Crippen LogP contribution >= 0.6 is 0 Å². The van der Waals surface area contributed by atoms with Crippen molar-refractivity contribution in [3.8, 4) is 0 Å². The highest BCUT2D eigenvalue weighted by Crippen LogP contribution is 2.33. The molecule has 1 atom stereocenters. The van der Waals surface area contributed by atoms with Crippen molar-refractivity contribution in [2.24, 2.45) is 4.99 Å². The maximum Gasteiger partial charge on any atom is 0.0756 e. The van der Waals surface area contributed by atoms with Gasteiger partial charge in [0.15, 0.2) is 0 Å². The van der Waals surface area contributed by atoms with E-state index in [2.05, 4.69) is 76.2 Å². The molecule has 0 saturated carbocycles. The van der Waals surface area contributed by atoms with Gasteiger partial charge < -0.3 is 0 Å². The number of benzene rings is 2. The molecule has 22 heavy (non-hydrogen) atoms. The Labute approximate surface area is 134 Å². The van der Waals surface area contributed by atoms with Gasteiger partial charge in [-0.3, -0.25) is 4.99 Å². The number of hydrogen-bond donors (Lipinski definition) is 0. The molecule has 0 N–H and O–H groups in total. The van der Waals surface area contributed by atoms with Crippen LogP contribution in [0.1, 0.15) is 61.9 Å². The molecule has 1 heteroatoms. The van der Waals surface area contributed by atoms with E-state index in [1.54, 1.807) is 0 Å². The van der Waals surface area contributed by atoms with Crippen LogP contribution in [0.15, 0.2) is 53.5 Å². The Hall–Kier alpha value is -1.89. The van der Waals surface area contributed by atoms with E-state index in [-0.39, 0.29) is 5.41 Å². The third-order valence-corrected chi connectivity index (χ3v) is 4.58. The van der Waals surface area contributed by atoms with Crippen LogP contribution in [0, 0.1) is 6.92 Å². The zero-order valence-electron chi connectivity index (χ0n) is 14.1. The molecule has 0 saturated heterocycles. The summed E-state index contributed by atoms with van der Waals surface area (Å²) in [5.74, 6) is 0. The minimum Gasteiger partial charge on any atom is -0.281 e. The van der Waals surface area contributed by atoms with Gasteiger partial charge in [0.25, 0.3) is 0 Å². The van der Waals surface area contributed by atoms with Crippen LogP contribution < -0.4 is 0 Å². The Morgan fingerprint density at radius 2 is 1.64 bits per heavy atom. The van der Waals surface area contributed by atoms with Gasteiger partial charge in [-0.25, -0.2) is 0 Å². The molecule has 0 aliphatic carbocycles. The molecule has 3 rings (SSSR count). The van der Waals surface area contributed by atoms with Gasteiger partial charge in [0, 0.05) is 5.71 Å². The molecule has 1 aliphatic rings. The van der Waals surface area contributed by atoms with Crippen molar-refractivity contribution in [2.45, 2.75) is 52.0 Å². The first-order valence-electron chi connectivity index (χ1n) is 8.18. The summed E-state index contributed by atoms with van der Waals surface area (Å²) < 4.78 is 0. The topological polar surface area (TPSA) is 12.4 Å². The first kappa shape index (κ1) is 15.0. The van der Waals surface area contributed by atoms with Crippen LogP contribution in [-0.2, 0) is 5.41 Å². The maximum absolute atomic E-state index is 5.00. The van der Waals surface area contributed by atoms with Gasteiger partial charge in [0.1, 0.15) is 0 Å². The van der Waals surface area contributed by atoms with Crippen LogP contribution in [0.25, 0.3) is 0 Å². The quantitative estimate of drug-likeness (QED) is 0.681. The second kappa shape index (κ2) is 5.72. The molecule has 0 spiro atoms. The summed E-state index contributed by atoms with van der Waals surface area (Å²) in [7, 11) is 0. The van der Waals surface area contributed by atoms with Crippen LogP contribution in [-0.4, -0.2) is 5.71 Å². The molecule has 0 aromatic heterocycles. The highest BCUT2D eigenvalue weighted by molar-refractivity contribution is 6.02. The smallest absolute Gasteiger partial charge is 0.0756 e. The van der Waals surface area contributed by atoms with Crippen LogP contribution in [0.5, 0.6) is 0 Å². The van der Waals surface area contributed by atoms with Crippen LogP contribution in [0.4, 0.5) is 0 Å². The lowest BCUT2D eigenvalue weighted by atomic mass is 9.86. The molecular formula is C21H25N. The summed E-state index contributed by atoms with van der Waals surface area (Å²) >= 11 is 0. The second-order valence-electron chi connectivity index (χ2n) is 7.32. The Morgan fingerprint density at radius 1 is 0.955 bits per heavy atom. The third-order valence-electron chi connectivity index (χ3n) is 4.58. The van der Waals surface area contributed by atoms with E-state index in [9.17, 15) is 0 Å². The van der Waals surface area contributed by atoms with E-state index in [1.807, 2.05) is 0 Å². The number of rotatable bonds is 2. The molecule has 114 valence electrons. The van der Waals surface area contributed by atoms with E-state index < -0.39 is 0 Å². The van der Waals surface area contributed by atoms with Gasteiger partial charge in [-0.2, -0.15) is 0 Å². The highest BCUT2D eigenvalue weighted by Gasteiger charge is 2.21. The minimum atomic E-state index is 0.212. The fraction of sp³-hybridized carbons (Fsp3) is 0.381. The lowest BCUT2D eigenvalue weighted by Crippen LogP contribution is -2.10. The Balaban J connectivity index is 1.84. The summed E-state index contributed by atoms with van der Waals surface area (Å²) in [4.78, 5) is 5.00. The van der Waals surface area contributed by atoms with E-state index in [4.69, 9.17) is 4.99 Å². The lowest BCUT2D eigenvalue weighted by Gasteiger charge is -2.19. The van der Waals surface area contributed by atoms with Crippen LogP contribution in [0.2, 0.25) is 0 Å². The molecule has 0 fully saturated rings. The molecular weight excluding hydrogens is 266 g/mol. The first-order valence-corrected chi connectivity index (χ1v) is 8.18. The molecule has 2 aromatic rings. The van der Waals surface area contributed by atoms with Crippen molar-refractivity contribution in [3.63, 3.8) is 0 Å². The molecule has 0 bridgehead atoms. The number of nitrogens with zero attached hydrogens (tertiary/aromatic N) is 1. The number of hydrogen-bond acceptors (Lipinski definition) is 1. The first-order chi connectivity index (χ1) is 10.4. The molecule has 1 nitrogen and oxygen atoms in total. The van der Waals surface area contributed by atoms with Gasteiger partial charge in [0.2, 0.25) is 0 Å². The summed E-state index contributed by atoms with van der Waals surface area (Å²) in [6, 6.07) is 17.9. The normalized spacial score (nSPS) is 18.4. The van der Waals surface area contributed by atoms with E-state index in [1.165, 1.54) is 28.0 Å². The number of aliphatic imine (C=N–C) groups is 1. The maximum atomic E-state index is 5.00. The molecule has 2 aromatic carbocycles. The van der Waals surface area contributed by atoms with Crippen molar-refractivity contribution in [1.29, 1.82) is 0 Å². The van der Waals surface area contributed by atoms with Gasteiger partial charge in [-0.05, 0) is 47.4 Å². The van der Waals surface area contributed by atoms with Crippen molar-refractivity contribution in [1.82, 2.24) is 0 Å². The fourth-order valence-electron chi connectivity index (χ4n) is 3.14. The number of aryl methyl sites for hydroxylation is 1. The van der Waals surface area contributed by atoms with Crippen molar-refractivity contribution >= 4 is 5.71 Å². The molecule has 1 aliphatic heterocycles. The van der Waals surface area contributed by atoms with Gasteiger partial charge in [-0.1, -0.05) is 69.3 Å².